The van der Waals surface area contributed by atoms with Crippen LogP contribution in [0.15, 0.2) is 0 Å². The highest BCUT2D eigenvalue weighted by atomic mass is 32.1. The molecular formula is C3H5N3S. The molecule has 1 aromatic heterocycles. The topological polar surface area (TPSA) is 51.8 Å². The summed E-state index contributed by atoms with van der Waals surface area (Å²) in [7, 11) is 0. The molecule has 0 bridgehead atoms. The molecule has 3 nitrogen and oxygen atoms in total. The van der Waals surface area contributed by atoms with Crippen LogP contribution in [0.25, 0.3) is 0 Å². The van der Waals surface area contributed by atoms with E-state index >= 15 is 0 Å². The van der Waals surface area contributed by atoms with Crippen molar-refractivity contribution in [2.24, 2.45) is 0 Å². The van der Waals surface area contributed by atoms with Crippen molar-refractivity contribution >= 4 is 16.5 Å². The van der Waals surface area contributed by atoms with Gasteiger partial charge in [0.05, 0.1) is 5.69 Å². The largest absolute Gasteiger partial charge is 0.388 e. The third-order valence-electron chi connectivity index (χ3n) is 0.687. The second kappa shape index (κ2) is 1.46. The average Bonchev–Trinajstić information content (AvgIpc) is 1.91. The van der Waals surface area contributed by atoms with Crippen LogP contribution < -0.4 is 5.73 Å². The molecule has 0 saturated carbocycles. The summed E-state index contributed by atoms with van der Waals surface area (Å²) in [5.41, 5.74) is 6.16. The predicted molar refractivity (Wildman–Crippen MR) is 29.1 cm³/mol. The molecule has 1 heterocycles. The Morgan fingerprint density at radius 3 is 2.57 bits per heavy atom. The summed E-state index contributed by atoms with van der Waals surface area (Å²) in [6.45, 7) is 1.83. The zero-order valence-electron chi connectivity index (χ0n) is 3.88. The molecule has 0 aliphatic rings. The van der Waals surface area contributed by atoms with Gasteiger partial charge in [-0.25, -0.2) is 0 Å². The Morgan fingerprint density at radius 1 is 1.71 bits per heavy atom. The SMILES string of the molecule is Cc1nnsc1N. The van der Waals surface area contributed by atoms with Gasteiger partial charge in [-0.15, -0.1) is 5.10 Å². The highest BCUT2D eigenvalue weighted by Gasteiger charge is 1.92. The lowest BCUT2D eigenvalue weighted by Crippen LogP contribution is -1.81. The van der Waals surface area contributed by atoms with Crippen LogP contribution in [0.1, 0.15) is 5.69 Å². The Kier molecular flexibility index (Phi) is 0.941. The van der Waals surface area contributed by atoms with Crippen LogP contribution in [-0.2, 0) is 0 Å². The van der Waals surface area contributed by atoms with Crippen molar-refractivity contribution in [1.29, 1.82) is 0 Å². The quantitative estimate of drug-likeness (QED) is 0.533. The minimum absolute atomic E-state index is 0.708. The van der Waals surface area contributed by atoms with Crippen LogP contribution in [0.3, 0.4) is 0 Å². The Labute approximate surface area is 45.3 Å². The molecule has 0 unspecified atom stereocenters. The first-order valence-corrected chi connectivity index (χ1v) is 2.62. The van der Waals surface area contributed by atoms with Crippen LogP contribution in [0, 0.1) is 6.92 Å². The molecule has 0 amide bonds. The maximum absolute atomic E-state index is 5.33. The number of hydrogen-bond donors (Lipinski definition) is 1. The molecule has 0 spiro atoms. The van der Waals surface area contributed by atoms with Gasteiger partial charge in [0, 0.05) is 11.5 Å². The molecule has 1 aromatic rings. The standard InChI is InChI=1S/C3H5N3S/c1-2-3(4)7-6-5-2/h4H2,1H3. The second-order valence-electron chi connectivity index (χ2n) is 1.22. The Bertz CT molecular complexity index is 142. The second-order valence-corrected chi connectivity index (χ2v) is 2.01. The molecule has 2 N–H and O–H groups in total. The number of nitrogens with zero attached hydrogens (tertiary/aromatic N) is 2. The molecule has 38 valence electrons. The van der Waals surface area contributed by atoms with Gasteiger partial charge in [-0.3, -0.25) is 0 Å². The van der Waals surface area contributed by atoms with E-state index in [2.05, 4.69) is 9.59 Å². The average molecular weight is 115 g/mol. The van der Waals surface area contributed by atoms with E-state index in [0.717, 1.165) is 5.69 Å². The van der Waals surface area contributed by atoms with Crippen molar-refractivity contribution in [3.8, 4) is 0 Å². The molecule has 0 radical (unpaired) electrons. The number of nitrogen functional groups attached to an aromatic ring is 1. The van der Waals surface area contributed by atoms with Crippen LogP contribution in [0.5, 0.6) is 0 Å². The molecule has 0 aliphatic heterocycles. The minimum atomic E-state index is 0.708. The molecule has 0 fully saturated rings. The fourth-order valence-electron chi connectivity index (χ4n) is 0.241. The molecule has 0 aliphatic carbocycles. The smallest absolute Gasteiger partial charge is 0.130 e. The van der Waals surface area contributed by atoms with Crippen molar-refractivity contribution in [3.63, 3.8) is 0 Å². The van der Waals surface area contributed by atoms with Crippen molar-refractivity contribution in [1.82, 2.24) is 9.59 Å². The van der Waals surface area contributed by atoms with Gasteiger partial charge in [-0.05, 0) is 6.92 Å². The van der Waals surface area contributed by atoms with Crippen LogP contribution in [-0.4, -0.2) is 9.59 Å². The summed E-state index contributed by atoms with van der Waals surface area (Å²) in [4.78, 5) is 0. The van der Waals surface area contributed by atoms with E-state index in [9.17, 15) is 0 Å². The molecule has 0 aromatic carbocycles. The summed E-state index contributed by atoms with van der Waals surface area (Å²) in [6, 6.07) is 0. The molecular weight excluding hydrogens is 110 g/mol. The summed E-state index contributed by atoms with van der Waals surface area (Å²) in [5, 5.41) is 4.37. The number of aryl methyl sites for hydroxylation is 1. The lowest BCUT2D eigenvalue weighted by molar-refractivity contribution is 1.09. The van der Waals surface area contributed by atoms with Gasteiger partial charge >= 0.3 is 0 Å². The van der Waals surface area contributed by atoms with Gasteiger partial charge in [-0.2, -0.15) is 0 Å². The first-order valence-electron chi connectivity index (χ1n) is 1.85. The zero-order valence-corrected chi connectivity index (χ0v) is 4.70. The Morgan fingerprint density at radius 2 is 2.43 bits per heavy atom. The van der Waals surface area contributed by atoms with E-state index < -0.39 is 0 Å². The summed E-state index contributed by atoms with van der Waals surface area (Å²) >= 11 is 1.22. The van der Waals surface area contributed by atoms with Gasteiger partial charge in [0.2, 0.25) is 0 Å². The zero-order chi connectivity index (χ0) is 5.28. The van der Waals surface area contributed by atoms with E-state index in [1.807, 2.05) is 6.92 Å². The first kappa shape index (κ1) is 4.52. The van der Waals surface area contributed by atoms with Crippen molar-refractivity contribution < 1.29 is 0 Å². The van der Waals surface area contributed by atoms with E-state index in [1.165, 1.54) is 11.5 Å². The minimum Gasteiger partial charge on any atom is -0.388 e. The lowest BCUT2D eigenvalue weighted by Gasteiger charge is -1.75. The number of rotatable bonds is 0. The summed E-state index contributed by atoms with van der Waals surface area (Å²) in [5.74, 6) is 0. The van der Waals surface area contributed by atoms with Gasteiger partial charge in [0.15, 0.2) is 0 Å². The van der Waals surface area contributed by atoms with E-state index in [1.54, 1.807) is 0 Å². The van der Waals surface area contributed by atoms with Crippen molar-refractivity contribution in [2.45, 2.75) is 6.92 Å². The monoisotopic (exact) mass is 115 g/mol. The Hall–Kier alpha value is -0.640. The normalized spacial score (nSPS) is 9.29. The van der Waals surface area contributed by atoms with Gasteiger partial charge < -0.3 is 5.73 Å². The molecule has 7 heavy (non-hydrogen) atoms. The number of anilines is 1. The molecule has 4 heteroatoms. The highest BCUT2D eigenvalue weighted by Crippen LogP contribution is 2.08. The molecule has 1 rings (SSSR count). The Balaban J connectivity index is 3.12. The lowest BCUT2D eigenvalue weighted by atomic mass is 10.5. The van der Waals surface area contributed by atoms with E-state index in [-0.39, 0.29) is 0 Å². The predicted octanol–water partition coefficient (Wildman–Crippen LogP) is 0.429. The van der Waals surface area contributed by atoms with E-state index in [0.29, 0.717) is 5.00 Å². The molecule has 0 saturated heterocycles. The third kappa shape index (κ3) is 0.691. The van der Waals surface area contributed by atoms with Crippen LogP contribution >= 0.6 is 11.5 Å². The number of aromatic nitrogens is 2. The molecule has 0 atom stereocenters. The van der Waals surface area contributed by atoms with Gasteiger partial charge in [-0.1, -0.05) is 4.49 Å². The maximum atomic E-state index is 5.33. The van der Waals surface area contributed by atoms with Crippen LogP contribution in [0.4, 0.5) is 5.00 Å². The van der Waals surface area contributed by atoms with Crippen molar-refractivity contribution in [3.05, 3.63) is 5.69 Å². The van der Waals surface area contributed by atoms with E-state index in [4.69, 9.17) is 5.73 Å². The fraction of sp³-hybridized carbons (Fsp3) is 0.333. The van der Waals surface area contributed by atoms with Gasteiger partial charge in [0.25, 0.3) is 0 Å². The van der Waals surface area contributed by atoms with Gasteiger partial charge in [0.1, 0.15) is 5.00 Å². The highest BCUT2D eigenvalue weighted by molar-refractivity contribution is 7.09. The summed E-state index contributed by atoms with van der Waals surface area (Å²) in [6.07, 6.45) is 0. The number of hydrogen-bond acceptors (Lipinski definition) is 4. The third-order valence-corrected chi connectivity index (χ3v) is 1.34. The van der Waals surface area contributed by atoms with Crippen LogP contribution in [0.2, 0.25) is 0 Å². The van der Waals surface area contributed by atoms with Crippen molar-refractivity contribution in [2.75, 3.05) is 5.73 Å². The maximum Gasteiger partial charge on any atom is 0.130 e. The number of nitrogens with two attached hydrogens (primary N) is 1. The fourth-order valence-corrected chi connectivity index (χ4v) is 0.665. The summed E-state index contributed by atoms with van der Waals surface area (Å²) < 4.78 is 3.59. The first-order chi connectivity index (χ1) is 3.30.